The average Bonchev–Trinajstić information content (AvgIpc) is 2.37. The van der Waals surface area contributed by atoms with Crippen LogP contribution in [-0.4, -0.2) is 5.52 Å². The fourth-order valence-corrected chi connectivity index (χ4v) is 3.52. The summed E-state index contributed by atoms with van der Waals surface area (Å²) in [6.07, 6.45) is 0. The van der Waals surface area contributed by atoms with Crippen LogP contribution in [0.5, 0.6) is 0 Å². The summed E-state index contributed by atoms with van der Waals surface area (Å²) in [7, 11) is -2.22. The molecule has 2 aromatic rings. The molecule has 0 aliphatic rings. The van der Waals surface area contributed by atoms with Crippen molar-refractivity contribution >= 4 is 18.6 Å². The normalized spacial score (nSPS) is 11.3. The molecule has 0 aliphatic carbocycles. The molecule has 1 unspecified atom stereocenters. The predicted octanol–water partition coefficient (Wildman–Crippen LogP) is 4.04. The zero-order chi connectivity index (χ0) is 14.9. The van der Waals surface area contributed by atoms with Crippen LogP contribution in [0.3, 0.4) is 0 Å². The molecule has 20 heavy (non-hydrogen) atoms. The lowest BCUT2D eigenvalue weighted by Gasteiger charge is -2.09. The molecule has 0 fully saturated rings. The van der Waals surface area contributed by atoms with Gasteiger partial charge >= 0.3 is 0 Å². The van der Waals surface area contributed by atoms with Crippen LogP contribution in [0.25, 0.3) is 0 Å². The number of aryl methyl sites for hydroxylation is 3. The van der Waals surface area contributed by atoms with E-state index >= 15 is 0 Å². The summed E-state index contributed by atoms with van der Waals surface area (Å²) in [5.41, 5.74) is 2.80. The van der Waals surface area contributed by atoms with Crippen molar-refractivity contribution in [2.45, 2.75) is 20.8 Å². The Morgan fingerprint density at radius 2 is 1.50 bits per heavy atom. The Hall–Kier alpha value is -1.86. The maximum absolute atomic E-state index is 12.9. The topological polar surface area (TPSA) is 34.1 Å². The van der Waals surface area contributed by atoms with Crippen molar-refractivity contribution in [2.75, 3.05) is 0 Å². The second-order valence-electron chi connectivity index (χ2n) is 4.85. The summed E-state index contributed by atoms with van der Waals surface area (Å²) in [5, 5.41) is 0.353. The van der Waals surface area contributed by atoms with E-state index in [4.69, 9.17) is 0 Å². The van der Waals surface area contributed by atoms with Gasteiger partial charge in [0, 0.05) is 10.9 Å². The molecule has 2 nitrogen and oxygen atoms in total. The minimum atomic E-state index is -2.22. The number of carbonyl (C=O) groups excluding carboxylic acids is 1. The summed E-state index contributed by atoms with van der Waals surface area (Å²) >= 11 is 0. The van der Waals surface area contributed by atoms with E-state index in [0.717, 1.165) is 16.7 Å². The third-order valence-corrected chi connectivity index (χ3v) is 4.50. The first-order chi connectivity index (χ1) is 9.40. The molecular weight excluding hydrogens is 274 g/mol. The van der Waals surface area contributed by atoms with Gasteiger partial charge in [-0.25, -0.2) is 4.39 Å². The molecule has 0 saturated carbocycles. The molecule has 4 heteroatoms. The number of carbonyl (C=O) groups is 1. The van der Waals surface area contributed by atoms with E-state index in [1.807, 2.05) is 32.9 Å². The van der Waals surface area contributed by atoms with E-state index in [1.165, 1.54) is 24.3 Å². The maximum atomic E-state index is 12.9. The molecule has 103 valence electrons. The van der Waals surface area contributed by atoms with Crippen molar-refractivity contribution in [3.05, 3.63) is 64.5 Å². The lowest BCUT2D eigenvalue weighted by Crippen LogP contribution is -2.07. The zero-order valence-corrected chi connectivity index (χ0v) is 12.5. The first-order valence-electron chi connectivity index (χ1n) is 6.25. The van der Waals surface area contributed by atoms with Crippen molar-refractivity contribution in [1.82, 2.24) is 0 Å². The molecule has 2 rings (SSSR count). The molecule has 0 saturated heterocycles. The molecule has 1 atom stereocenters. The molecule has 0 N–H and O–H groups in total. The molecule has 0 spiro atoms. The van der Waals surface area contributed by atoms with E-state index in [-0.39, 0.29) is 0 Å². The molecule has 0 amide bonds. The molecule has 0 heterocycles. The number of hydrogen-bond acceptors (Lipinski definition) is 2. The third kappa shape index (κ3) is 2.83. The highest BCUT2D eigenvalue weighted by molar-refractivity contribution is 7.71. The summed E-state index contributed by atoms with van der Waals surface area (Å²) in [6, 6.07) is 9.01. The van der Waals surface area contributed by atoms with Crippen LogP contribution >= 0.6 is 7.80 Å². The van der Waals surface area contributed by atoms with Gasteiger partial charge in [-0.3, -0.25) is 9.36 Å². The average molecular weight is 289 g/mol. The van der Waals surface area contributed by atoms with Crippen molar-refractivity contribution < 1.29 is 13.8 Å². The minimum Gasteiger partial charge on any atom is -0.281 e. The van der Waals surface area contributed by atoms with E-state index < -0.39 is 19.1 Å². The van der Waals surface area contributed by atoms with Crippen LogP contribution in [0.1, 0.15) is 27.0 Å². The molecule has 0 aliphatic heterocycles. The number of halogens is 1. The van der Waals surface area contributed by atoms with Crippen LogP contribution in [0.4, 0.5) is 4.39 Å². The van der Waals surface area contributed by atoms with Gasteiger partial charge in [0.25, 0.3) is 0 Å². The van der Waals surface area contributed by atoms with E-state index in [0.29, 0.717) is 10.9 Å². The fourth-order valence-electron chi connectivity index (χ4n) is 2.31. The minimum absolute atomic E-state index is 0.353. The van der Waals surface area contributed by atoms with Gasteiger partial charge in [-0.15, -0.1) is 0 Å². The molecule has 1 radical (unpaired) electrons. The standard InChI is InChI=1S/C16H15FO2P/c1-10-8-11(2)15(12(3)9-10)16(18)20(19)14-6-4-13(17)5-7-14/h4-9H,1-3H3. The monoisotopic (exact) mass is 289 g/mol. The zero-order valence-electron chi connectivity index (χ0n) is 11.6. The lowest BCUT2D eigenvalue weighted by atomic mass is 10.0. The van der Waals surface area contributed by atoms with Crippen molar-refractivity contribution in [2.24, 2.45) is 0 Å². The number of hydrogen-bond donors (Lipinski definition) is 0. The van der Waals surface area contributed by atoms with Crippen LogP contribution in [0, 0.1) is 26.6 Å². The fraction of sp³-hybridized carbons (Fsp3) is 0.188. The number of benzene rings is 2. The van der Waals surface area contributed by atoms with Gasteiger partial charge in [0.1, 0.15) is 5.82 Å². The van der Waals surface area contributed by atoms with Crippen molar-refractivity contribution in [3.8, 4) is 0 Å². The van der Waals surface area contributed by atoms with Crippen LogP contribution in [-0.2, 0) is 4.57 Å². The Kier molecular flexibility index (Phi) is 4.10. The van der Waals surface area contributed by atoms with Gasteiger partial charge in [-0.2, -0.15) is 0 Å². The van der Waals surface area contributed by atoms with Gasteiger partial charge in [0.05, 0.1) is 0 Å². The molecular formula is C16H15FO2P. The quantitative estimate of drug-likeness (QED) is 0.799. The van der Waals surface area contributed by atoms with Gasteiger partial charge in [0.15, 0.2) is 7.80 Å². The first-order valence-corrected chi connectivity index (χ1v) is 7.51. The Morgan fingerprint density at radius 1 is 1.00 bits per heavy atom. The molecule has 2 aromatic carbocycles. The van der Waals surface area contributed by atoms with Crippen LogP contribution in [0.15, 0.2) is 36.4 Å². The van der Waals surface area contributed by atoms with E-state index in [9.17, 15) is 13.8 Å². The van der Waals surface area contributed by atoms with Gasteiger partial charge in [-0.05, 0) is 56.2 Å². The Morgan fingerprint density at radius 3 is 2.00 bits per heavy atom. The van der Waals surface area contributed by atoms with Crippen LogP contribution < -0.4 is 5.30 Å². The van der Waals surface area contributed by atoms with Crippen molar-refractivity contribution in [3.63, 3.8) is 0 Å². The Labute approximate surface area is 118 Å². The summed E-state index contributed by atoms with van der Waals surface area (Å²) in [6.45, 7) is 5.62. The highest BCUT2D eigenvalue weighted by atomic mass is 31.1. The van der Waals surface area contributed by atoms with E-state index in [2.05, 4.69) is 0 Å². The highest BCUT2D eigenvalue weighted by Gasteiger charge is 2.21. The molecule has 0 aromatic heterocycles. The largest absolute Gasteiger partial charge is 0.281 e. The SMILES string of the molecule is Cc1cc(C)c(C(=O)[P](=O)c2ccc(F)cc2)c(C)c1. The third-order valence-electron chi connectivity index (χ3n) is 3.14. The Balaban J connectivity index is 2.41. The molecule has 0 bridgehead atoms. The van der Waals surface area contributed by atoms with Crippen molar-refractivity contribution in [1.29, 1.82) is 0 Å². The van der Waals surface area contributed by atoms with Gasteiger partial charge in [0.2, 0.25) is 5.52 Å². The summed E-state index contributed by atoms with van der Waals surface area (Å²) < 4.78 is 25.2. The van der Waals surface area contributed by atoms with Gasteiger partial charge in [-0.1, -0.05) is 17.7 Å². The Bertz CT molecular complexity index is 667. The summed E-state index contributed by atoms with van der Waals surface area (Å²) in [5.74, 6) is -0.410. The lowest BCUT2D eigenvalue weighted by molar-refractivity contribution is 0.107. The first kappa shape index (κ1) is 14.5. The highest BCUT2D eigenvalue weighted by Crippen LogP contribution is 2.30. The maximum Gasteiger partial charge on any atom is 0.247 e. The second-order valence-corrected chi connectivity index (χ2v) is 6.36. The summed E-state index contributed by atoms with van der Waals surface area (Å²) in [4.78, 5) is 12.4. The van der Waals surface area contributed by atoms with E-state index in [1.54, 1.807) is 0 Å². The second kappa shape index (κ2) is 5.64. The van der Waals surface area contributed by atoms with Gasteiger partial charge < -0.3 is 0 Å². The number of rotatable bonds is 3. The smallest absolute Gasteiger partial charge is 0.247 e. The van der Waals surface area contributed by atoms with Crippen LogP contribution in [0.2, 0.25) is 0 Å². The predicted molar refractivity (Wildman–Crippen MR) is 78.6 cm³/mol.